The third kappa shape index (κ3) is 3.48. The van der Waals surface area contributed by atoms with Crippen molar-refractivity contribution in [3.8, 4) is 5.75 Å². The van der Waals surface area contributed by atoms with E-state index >= 15 is 0 Å². The summed E-state index contributed by atoms with van der Waals surface area (Å²) in [4.78, 5) is 2.73. The second-order valence-corrected chi connectivity index (χ2v) is 5.90. The van der Waals surface area contributed by atoms with Gasteiger partial charge in [0.2, 0.25) is 0 Å². The van der Waals surface area contributed by atoms with Gasteiger partial charge in [-0.25, -0.2) is 0 Å². The zero-order chi connectivity index (χ0) is 14.7. The van der Waals surface area contributed by atoms with Crippen LogP contribution in [0.5, 0.6) is 5.75 Å². The van der Waals surface area contributed by atoms with Crippen LogP contribution < -0.4 is 10.5 Å². The highest BCUT2D eigenvalue weighted by atomic mass is 32.1. The average Bonchev–Trinajstić information content (AvgIpc) is 2.42. The maximum Gasteiger partial charge on any atom is 0.123 e. The first-order valence-corrected chi connectivity index (χ1v) is 7.29. The first-order chi connectivity index (χ1) is 9.51. The van der Waals surface area contributed by atoms with Crippen LogP contribution in [0.4, 0.5) is 0 Å². The highest BCUT2D eigenvalue weighted by molar-refractivity contribution is 7.80. The van der Waals surface area contributed by atoms with Crippen molar-refractivity contribution in [1.82, 2.24) is 4.90 Å². The van der Waals surface area contributed by atoms with Gasteiger partial charge < -0.3 is 15.6 Å². The molecule has 1 aromatic carbocycles. The Balaban J connectivity index is 2.15. The van der Waals surface area contributed by atoms with Gasteiger partial charge in [0.1, 0.15) is 10.7 Å². The number of hydrogen-bond acceptors (Lipinski definition) is 4. The Bertz CT molecular complexity index is 493. The van der Waals surface area contributed by atoms with Crippen molar-refractivity contribution in [3.63, 3.8) is 0 Å². The molecule has 0 saturated carbocycles. The Labute approximate surface area is 125 Å². The lowest BCUT2D eigenvalue weighted by molar-refractivity contribution is 0.0318. The van der Waals surface area contributed by atoms with Gasteiger partial charge in [0, 0.05) is 30.8 Å². The van der Waals surface area contributed by atoms with E-state index in [0.717, 1.165) is 42.9 Å². The summed E-state index contributed by atoms with van der Waals surface area (Å²) in [5.41, 5.74) is 7.64. The summed E-state index contributed by atoms with van der Waals surface area (Å²) in [7, 11) is 1.67. The summed E-state index contributed by atoms with van der Waals surface area (Å²) in [6.07, 6.45) is 0.634. The largest absolute Gasteiger partial charge is 0.496 e. The molecule has 3 N–H and O–H groups in total. The normalized spacial score (nSPS) is 23.6. The van der Waals surface area contributed by atoms with Crippen molar-refractivity contribution < 1.29 is 9.84 Å². The highest BCUT2D eigenvalue weighted by Crippen LogP contribution is 2.24. The number of rotatable bonds is 4. The molecular weight excluding hydrogens is 272 g/mol. The van der Waals surface area contributed by atoms with Gasteiger partial charge in [0.25, 0.3) is 0 Å². The number of benzene rings is 1. The van der Waals surface area contributed by atoms with E-state index in [1.54, 1.807) is 7.11 Å². The number of likely N-dealkylation sites (tertiary alicyclic amines) is 1. The molecule has 2 rings (SSSR count). The quantitative estimate of drug-likeness (QED) is 0.825. The predicted octanol–water partition coefficient (Wildman–Crippen LogP) is 1.53. The van der Waals surface area contributed by atoms with Crippen LogP contribution in [-0.2, 0) is 6.54 Å². The number of methoxy groups -OCH3 is 1. The number of aliphatic hydroxyl groups excluding tert-OH is 1. The molecule has 110 valence electrons. The molecule has 1 saturated heterocycles. The SMILES string of the molecule is COc1ccc(C(N)=S)cc1CN1CCC(O)C(C)C1. The first-order valence-electron chi connectivity index (χ1n) is 6.88. The third-order valence-corrected chi connectivity index (χ3v) is 4.14. The van der Waals surface area contributed by atoms with Gasteiger partial charge in [-0.05, 0) is 30.5 Å². The molecule has 0 spiro atoms. The van der Waals surface area contributed by atoms with Crippen molar-refractivity contribution >= 4 is 17.2 Å². The minimum atomic E-state index is -0.184. The van der Waals surface area contributed by atoms with E-state index < -0.39 is 0 Å². The van der Waals surface area contributed by atoms with Crippen molar-refractivity contribution in [1.29, 1.82) is 0 Å². The maximum absolute atomic E-state index is 9.79. The molecule has 1 aromatic rings. The molecule has 1 aliphatic heterocycles. The van der Waals surface area contributed by atoms with Crippen LogP contribution in [0.1, 0.15) is 24.5 Å². The number of nitrogens with two attached hydrogens (primary N) is 1. The molecule has 20 heavy (non-hydrogen) atoms. The average molecular weight is 294 g/mol. The molecule has 2 unspecified atom stereocenters. The van der Waals surface area contributed by atoms with Crippen LogP contribution in [-0.4, -0.2) is 41.3 Å². The Hall–Kier alpha value is -1.17. The summed E-state index contributed by atoms with van der Waals surface area (Å²) < 4.78 is 5.41. The molecule has 1 heterocycles. The van der Waals surface area contributed by atoms with E-state index in [2.05, 4.69) is 11.8 Å². The molecule has 1 aliphatic rings. The summed E-state index contributed by atoms with van der Waals surface area (Å²) in [5.74, 6) is 1.15. The predicted molar refractivity (Wildman–Crippen MR) is 83.9 cm³/mol. The highest BCUT2D eigenvalue weighted by Gasteiger charge is 2.24. The van der Waals surface area contributed by atoms with E-state index in [-0.39, 0.29) is 6.10 Å². The van der Waals surface area contributed by atoms with E-state index in [0.29, 0.717) is 10.9 Å². The summed E-state index contributed by atoms with van der Waals surface area (Å²) in [5, 5.41) is 9.79. The lowest BCUT2D eigenvalue weighted by Gasteiger charge is -2.34. The Morgan fingerprint density at radius 2 is 2.30 bits per heavy atom. The molecule has 0 bridgehead atoms. The van der Waals surface area contributed by atoms with Crippen LogP contribution in [0.15, 0.2) is 18.2 Å². The van der Waals surface area contributed by atoms with Crippen molar-refractivity contribution in [2.45, 2.75) is 26.0 Å². The fourth-order valence-electron chi connectivity index (χ4n) is 2.66. The van der Waals surface area contributed by atoms with Crippen molar-refractivity contribution in [2.75, 3.05) is 20.2 Å². The van der Waals surface area contributed by atoms with Gasteiger partial charge in [-0.3, -0.25) is 4.90 Å². The van der Waals surface area contributed by atoms with Gasteiger partial charge in [0.15, 0.2) is 0 Å². The second kappa shape index (κ2) is 6.52. The second-order valence-electron chi connectivity index (χ2n) is 5.46. The van der Waals surface area contributed by atoms with Crippen molar-refractivity contribution in [2.24, 2.45) is 11.7 Å². The zero-order valence-electron chi connectivity index (χ0n) is 12.0. The fourth-order valence-corrected chi connectivity index (χ4v) is 2.79. The van der Waals surface area contributed by atoms with E-state index in [4.69, 9.17) is 22.7 Å². The van der Waals surface area contributed by atoms with Gasteiger partial charge in [-0.2, -0.15) is 0 Å². The fraction of sp³-hybridized carbons (Fsp3) is 0.533. The van der Waals surface area contributed by atoms with Gasteiger partial charge in [-0.15, -0.1) is 0 Å². The maximum atomic E-state index is 9.79. The molecular formula is C15H22N2O2S. The Kier molecular flexibility index (Phi) is 4.96. The third-order valence-electron chi connectivity index (χ3n) is 3.90. The Morgan fingerprint density at radius 3 is 2.90 bits per heavy atom. The number of aliphatic hydroxyl groups is 1. The summed E-state index contributed by atoms with van der Waals surface area (Å²) in [6.45, 7) is 4.66. The van der Waals surface area contributed by atoms with Crippen LogP contribution in [0.25, 0.3) is 0 Å². The molecule has 0 aromatic heterocycles. The van der Waals surface area contributed by atoms with E-state index in [9.17, 15) is 5.11 Å². The monoisotopic (exact) mass is 294 g/mol. The lowest BCUT2D eigenvalue weighted by Crippen LogP contribution is -2.41. The number of thiocarbonyl (C=S) groups is 1. The number of nitrogens with zero attached hydrogens (tertiary/aromatic N) is 1. The van der Waals surface area contributed by atoms with Crippen molar-refractivity contribution in [3.05, 3.63) is 29.3 Å². The zero-order valence-corrected chi connectivity index (χ0v) is 12.8. The van der Waals surface area contributed by atoms with E-state index in [1.165, 1.54) is 0 Å². The standard InChI is InChI=1S/C15H22N2O2S/c1-10-8-17(6-5-13(10)18)9-12-7-11(15(16)20)3-4-14(12)19-2/h3-4,7,10,13,18H,5-6,8-9H2,1-2H3,(H2,16,20). The molecule has 2 atom stereocenters. The number of ether oxygens (including phenoxy) is 1. The molecule has 0 radical (unpaired) electrons. The minimum absolute atomic E-state index is 0.184. The van der Waals surface area contributed by atoms with Crippen LogP contribution >= 0.6 is 12.2 Å². The van der Waals surface area contributed by atoms with E-state index in [1.807, 2.05) is 18.2 Å². The first kappa shape index (κ1) is 15.2. The van der Waals surface area contributed by atoms with Gasteiger partial charge in [-0.1, -0.05) is 19.1 Å². The number of piperidine rings is 1. The summed E-state index contributed by atoms with van der Waals surface area (Å²) >= 11 is 5.03. The molecule has 5 heteroatoms. The molecule has 0 amide bonds. The van der Waals surface area contributed by atoms with Crippen LogP contribution in [0.3, 0.4) is 0 Å². The topological polar surface area (TPSA) is 58.7 Å². The van der Waals surface area contributed by atoms with Crippen LogP contribution in [0, 0.1) is 5.92 Å². The number of hydrogen-bond donors (Lipinski definition) is 2. The van der Waals surface area contributed by atoms with Gasteiger partial charge in [0.05, 0.1) is 13.2 Å². The molecule has 4 nitrogen and oxygen atoms in total. The van der Waals surface area contributed by atoms with Crippen LogP contribution in [0.2, 0.25) is 0 Å². The lowest BCUT2D eigenvalue weighted by atomic mass is 9.96. The minimum Gasteiger partial charge on any atom is -0.496 e. The smallest absolute Gasteiger partial charge is 0.123 e. The molecule has 0 aliphatic carbocycles. The Morgan fingerprint density at radius 1 is 1.55 bits per heavy atom. The molecule has 1 fully saturated rings. The summed E-state index contributed by atoms with van der Waals surface area (Å²) in [6, 6.07) is 5.79. The van der Waals surface area contributed by atoms with Gasteiger partial charge >= 0.3 is 0 Å².